The SMILES string of the molecule is CO[C@@H]1O[C@H](CCNC(=O)c2ccccc2)[C@H](O)[C@H](O)[C@H]1O. The Balaban J connectivity index is 1.84. The number of amides is 1. The van der Waals surface area contributed by atoms with Gasteiger partial charge in [0.05, 0.1) is 6.10 Å². The fraction of sp³-hybridized carbons (Fsp3) is 0.533. The van der Waals surface area contributed by atoms with Crippen molar-refractivity contribution in [2.24, 2.45) is 0 Å². The minimum atomic E-state index is -1.35. The first-order valence-electron chi connectivity index (χ1n) is 7.10. The fourth-order valence-corrected chi connectivity index (χ4v) is 2.37. The number of hydrogen-bond acceptors (Lipinski definition) is 6. The predicted molar refractivity (Wildman–Crippen MR) is 77.1 cm³/mol. The van der Waals surface area contributed by atoms with E-state index >= 15 is 0 Å². The highest BCUT2D eigenvalue weighted by Gasteiger charge is 2.43. The zero-order chi connectivity index (χ0) is 16.1. The molecular weight excluding hydrogens is 290 g/mol. The summed E-state index contributed by atoms with van der Waals surface area (Å²) in [4.78, 5) is 11.9. The van der Waals surface area contributed by atoms with Crippen molar-refractivity contribution >= 4 is 5.91 Å². The fourth-order valence-electron chi connectivity index (χ4n) is 2.37. The number of aliphatic hydroxyl groups excluding tert-OH is 3. The molecule has 0 saturated carbocycles. The zero-order valence-electron chi connectivity index (χ0n) is 12.3. The van der Waals surface area contributed by atoms with Gasteiger partial charge in [0.1, 0.15) is 18.3 Å². The Morgan fingerprint density at radius 1 is 1.18 bits per heavy atom. The summed E-state index contributed by atoms with van der Waals surface area (Å²) in [5, 5.41) is 32.0. The highest BCUT2D eigenvalue weighted by atomic mass is 16.7. The summed E-state index contributed by atoms with van der Waals surface area (Å²) >= 11 is 0. The van der Waals surface area contributed by atoms with Crippen LogP contribution < -0.4 is 5.32 Å². The third-order valence-electron chi connectivity index (χ3n) is 3.65. The van der Waals surface area contributed by atoms with Gasteiger partial charge in [-0.2, -0.15) is 0 Å². The van der Waals surface area contributed by atoms with Crippen LogP contribution in [0.25, 0.3) is 0 Å². The maximum absolute atomic E-state index is 11.9. The van der Waals surface area contributed by atoms with E-state index < -0.39 is 30.7 Å². The molecule has 122 valence electrons. The van der Waals surface area contributed by atoms with Crippen molar-refractivity contribution in [2.75, 3.05) is 13.7 Å². The molecule has 7 nitrogen and oxygen atoms in total. The number of hydrogen-bond donors (Lipinski definition) is 4. The first kappa shape index (κ1) is 16.9. The second kappa shape index (κ2) is 7.66. The molecule has 5 atom stereocenters. The molecule has 1 aromatic carbocycles. The summed E-state index contributed by atoms with van der Waals surface area (Å²) in [7, 11) is 1.34. The van der Waals surface area contributed by atoms with Gasteiger partial charge in [0, 0.05) is 19.2 Å². The second-order valence-electron chi connectivity index (χ2n) is 5.16. The van der Waals surface area contributed by atoms with E-state index in [2.05, 4.69) is 5.32 Å². The van der Waals surface area contributed by atoms with Gasteiger partial charge < -0.3 is 30.1 Å². The topological polar surface area (TPSA) is 108 Å². The van der Waals surface area contributed by atoms with E-state index in [0.717, 1.165) is 0 Å². The van der Waals surface area contributed by atoms with Crippen molar-refractivity contribution in [1.29, 1.82) is 0 Å². The molecule has 1 aromatic rings. The molecule has 1 amide bonds. The lowest BCUT2D eigenvalue weighted by molar-refractivity contribution is -0.290. The van der Waals surface area contributed by atoms with E-state index in [9.17, 15) is 20.1 Å². The van der Waals surface area contributed by atoms with Crippen LogP contribution in [0, 0.1) is 0 Å². The molecule has 1 aliphatic rings. The lowest BCUT2D eigenvalue weighted by atomic mass is 9.97. The Morgan fingerprint density at radius 3 is 2.50 bits per heavy atom. The van der Waals surface area contributed by atoms with Crippen molar-refractivity contribution in [3.05, 3.63) is 35.9 Å². The molecule has 1 heterocycles. The van der Waals surface area contributed by atoms with Crippen LogP contribution in [0.5, 0.6) is 0 Å². The maximum atomic E-state index is 11.9. The number of aliphatic hydroxyl groups is 3. The number of rotatable bonds is 5. The number of ether oxygens (including phenoxy) is 2. The van der Waals surface area contributed by atoms with Crippen LogP contribution in [-0.2, 0) is 9.47 Å². The lowest BCUT2D eigenvalue weighted by Gasteiger charge is -2.39. The quantitative estimate of drug-likeness (QED) is 0.570. The van der Waals surface area contributed by atoms with E-state index in [-0.39, 0.29) is 18.9 Å². The molecule has 22 heavy (non-hydrogen) atoms. The normalized spacial score (nSPS) is 31.7. The van der Waals surface area contributed by atoms with Crippen LogP contribution in [0.15, 0.2) is 30.3 Å². The number of carbonyl (C=O) groups is 1. The summed E-state index contributed by atoms with van der Waals surface area (Å²) < 4.78 is 10.3. The molecule has 0 spiro atoms. The largest absolute Gasteiger partial charge is 0.388 e. The Hall–Kier alpha value is -1.51. The van der Waals surface area contributed by atoms with Gasteiger partial charge in [0.2, 0.25) is 0 Å². The third kappa shape index (κ3) is 3.82. The second-order valence-corrected chi connectivity index (χ2v) is 5.16. The highest BCUT2D eigenvalue weighted by Crippen LogP contribution is 2.23. The van der Waals surface area contributed by atoms with Gasteiger partial charge in [-0.25, -0.2) is 0 Å². The summed E-state index contributed by atoms with van der Waals surface area (Å²) in [5.74, 6) is -0.227. The highest BCUT2D eigenvalue weighted by molar-refractivity contribution is 5.94. The van der Waals surface area contributed by atoms with Crippen molar-refractivity contribution in [3.8, 4) is 0 Å². The van der Waals surface area contributed by atoms with Crippen molar-refractivity contribution in [3.63, 3.8) is 0 Å². The molecule has 2 rings (SSSR count). The number of benzene rings is 1. The van der Waals surface area contributed by atoms with Gasteiger partial charge in [-0.15, -0.1) is 0 Å². The first-order valence-corrected chi connectivity index (χ1v) is 7.10. The van der Waals surface area contributed by atoms with Crippen molar-refractivity contribution in [2.45, 2.75) is 37.1 Å². The Kier molecular flexibility index (Phi) is 5.87. The molecule has 0 bridgehead atoms. The average Bonchev–Trinajstić information content (AvgIpc) is 2.55. The molecule has 0 aromatic heterocycles. The van der Waals surface area contributed by atoms with Crippen LogP contribution >= 0.6 is 0 Å². The van der Waals surface area contributed by atoms with Crippen LogP contribution in [0.2, 0.25) is 0 Å². The molecule has 0 aliphatic carbocycles. The summed E-state index contributed by atoms with van der Waals surface area (Å²) in [6.07, 6.45) is -5.37. The van der Waals surface area contributed by atoms with E-state index in [1.54, 1.807) is 24.3 Å². The van der Waals surface area contributed by atoms with Crippen LogP contribution in [-0.4, -0.2) is 65.6 Å². The number of nitrogens with one attached hydrogen (secondary N) is 1. The molecule has 0 unspecified atom stereocenters. The number of carbonyl (C=O) groups excluding carboxylic acids is 1. The van der Waals surface area contributed by atoms with E-state index in [0.29, 0.717) is 5.56 Å². The lowest BCUT2D eigenvalue weighted by Crippen LogP contribution is -2.58. The molecule has 7 heteroatoms. The van der Waals surface area contributed by atoms with Gasteiger partial charge in [0.25, 0.3) is 5.91 Å². The average molecular weight is 311 g/mol. The Bertz CT molecular complexity index is 480. The predicted octanol–water partition coefficient (Wildman–Crippen LogP) is -0.740. The zero-order valence-corrected chi connectivity index (χ0v) is 12.3. The maximum Gasteiger partial charge on any atom is 0.251 e. The van der Waals surface area contributed by atoms with Crippen LogP contribution in [0.4, 0.5) is 0 Å². The van der Waals surface area contributed by atoms with Gasteiger partial charge in [-0.05, 0) is 18.6 Å². The summed E-state index contributed by atoms with van der Waals surface area (Å²) in [6, 6.07) is 8.75. The van der Waals surface area contributed by atoms with Crippen LogP contribution in [0.1, 0.15) is 16.8 Å². The van der Waals surface area contributed by atoms with E-state index in [1.807, 2.05) is 6.07 Å². The smallest absolute Gasteiger partial charge is 0.251 e. The molecule has 1 fully saturated rings. The standard InChI is InChI=1S/C15H21NO6/c1-21-15-13(19)12(18)11(17)10(22-15)7-8-16-14(20)9-5-3-2-4-6-9/h2-6,10-13,15,17-19H,7-8H2,1H3,(H,16,20)/t10-,11+,12+,13-,15-/m1/s1. The monoisotopic (exact) mass is 311 g/mol. The summed E-state index contributed by atoms with van der Waals surface area (Å²) in [6.45, 7) is 0.259. The number of methoxy groups -OCH3 is 1. The minimum Gasteiger partial charge on any atom is -0.388 e. The van der Waals surface area contributed by atoms with E-state index in [4.69, 9.17) is 9.47 Å². The van der Waals surface area contributed by atoms with Crippen molar-refractivity contribution in [1.82, 2.24) is 5.32 Å². The summed E-state index contributed by atoms with van der Waals surface area (Å²) in [5.41, 5.74) is 0.540. The molecule has 4 N–H and O–H groups in total. The Labute approximate surface area is 128 Å². The molecule has 0 radical (unpaired) electrons. The van der Waals surface area contributed by atoms with Gasteiger partial charge >= 0.3 is 0 Å². The van der Waals surface area contributed by atoms with Crippen molar-refractivity contribution < 1.29 is 29.6 Å². The third-order valence-corrected chi connectivity index (χ3v) is 3.65. The minimum absolute atomic E-state index is 0.227. The van der Waals surface area contributed by atoms with Gasteiger partial charge in [-0.1, -0.05) is 18.2 Å². The van der Waals surface area contributed by atoms with Crippen LogP contribution in [0.3, 0.4) is 0 Å². The van der Waals surface area contributed by atoms with E-state index in [1.165, 1.54) is 7.11 Å². The molecule has 1 saturated heterocycles. The molecular formula is C15H21NO6. The first-order chi connectivity index (χ1) is 10.5. The Morgan fingerprint density at radius 2 is 1.86 bits per heavy atom. The van der Waals surface area contributed by atoms with Gasteiger partial charge in [0.15, 0.2) is 6.29 Å². The van der Waals surface area contributed by atoms with Gasteiger partial charge in [-0.3, -0.25) is 4.79 Å². The molecule has 1 aliphatic heterocycles.